The second-order valence-corrected chi connectivity index (χ2v) is 7.92. The zero-order chi connectivity index (χ0) is 20.3. The zero-order valence-electron chi connectivity index (χ0n) is 16.8. The van der Waals surface area contributed by atoms with Crippen LogP contribution in [0.3, 0.4) is 0 Å². The van der Waals surface area contributed by atoms with E-state index in [1.165, 1.54) is 0 Å². The largest absolute Gasteiger partial charge is 0.361 e. The molecule has 1 aromatic carbocycles. The van der Waals surface area contributed by atoms with Crippen LogP contribution in [-0.4, -0.2) is 54.0 Å². The van der Waals surface area contributed by atoms with Gasteiger partial charge in [-0.3, -0.25) is 14.6 Å². The van der Waals surface area contributed by atoms with Crippen LogP contribution in [0.4, 0.5) is 0 Å². The number of aromatic nitrogens is 1. The molecule has 1 aliphatic heterocycles. The topological polar surface area (TPSA) is 71.5 Å². The fourth-order valence-electron chi connectivity index (χ4n) is 4.17. The van der Waals surface area contributed by atoms with E-state index in [2.05, 4.69) is 16.4 Å². The van der Waals surface area contributed by atoms with Crippen LogP contribution in [0.5, 0.6) is 0 Å². The molecule has 2 amide bonds. The van der Waals surface area contributed by atoms with Crippen LogP contribution >= 0.6 is 0 Å². The molecule has 1 aliphatic carbocycles. The smallest absolute Gasteiger partial charge is 0.254 e. The molecule has 0 radical (unpaired) electrons. The van der Waals surface area contributed by atoms with E-state index in [0.717, 1.165) is 36.0 Å². The molecule has 1 aromatic heterocycles. The predicted molar refractivity (Wildman–Crippen MR) is 110 cm³/mol. The van der Waals surface area contributed by atoms with Crippen LogP contribution in [0.1, 0.15) is 24.8 Å². The Hall–Kier alpha value is -2.73. The van der Waals surface area contributed by atoms with Gasteiger partial charge in [-0.25, -0.2) is 0 Å². The van der Waals surface area contributed by atoms with Crippen LogP contribution in [0, 0.1) is 5.92 Å². The summed E-state index contributed by atoms with van der Waals surface area (Å²) in [5.74, 6) is 0.0989. The Labute approximate surface area is 171 Å². The molecule has 1 N–H and O–H groups in total. The van der Waals surface area contributed by atoms with Crippen molar-refractivity contribution in [2.24, 2.45) is 5.92 Å². The summed E-state index contributed by atoms with van der Waals surface area (Å²) >= 11 is 0. The molecule has 4 rings (SSSR count). The number of morpholine rings is 1. The summed E-state index contributed by atoms with van der Waals surface area (Å²) in [5, 5.41) is 2.75. The lowest BCUT2D eigenvalue weighted by molar-refractivity contribution is -0.168. The van der Waals surface area contributed by atoms with Gasteiger partial charge in [0.2, 0.25) is 5.91 Å². The number of pyridine rings is 1. The second kappa shape index (κ2) is 8.33. The number of nitrogens with zero attached hydrogens (tertiary/aromatic N) is 2. The van der Waals surface area contributed by atoms with Crippen molar-refractivity contribution in [2.75, 3.05) is 26.7 Å². The molecule has 1 saturated heterocycles. The van der Waals surface area contributed by atoms with Gasteiger partial charge in [0.15, 0.2) is 5.60 Å². The fraction of sp³-hybridized carbons (Fsp3) is 0.435. The predicted octanol–water partition coefficient (Wildman–Crippen LogP) is 2.43. The van der Waals surface area contributed by atoms with Crippen molar-refractivity contribution in [1.29, 1.82) is 0 Å². The minimum atomic E-state index is -1.07. The minimum absolute atomic E-state index is 0.116. The van der Waals surface area contributed by atoms with Crippen molar-refractivity contribution >= 4 is 11.8 Å². The molecule has 0 spiro atoms. The molecule has 1 atom stereocenters. The number of amides is 2. The number of likely N-dealkylation sites (N-methyl/N-ethyl adjacent to an activating group) is 1. The average Bonchev–Trinajstić information content (AvgIpc) is 2.73. The van der Waals surface area contributed by atoms with Crippen LogP contribution in [0.25, 0.3) is 11.1 Å². The van der Waals surface area contributed by atoms with E-state index in [4.69, 9.17) is 4.74 Å². The van der Waals surface area contributed by atoms with E-state index in [-0.39, 0.29) is 17.7 Å². The quantitative estimate of drug-likeness (QED) is 0.847. The van der Waals surface area contributed by atoms with E-state index < -0.39 is 5.60 Å². The van der Waals surface area contributed by atoms with Crippen LogP contribution < -0.4 is 5.32 Å². The molecule has 152 valence electrons. The molecule has 2 heterocycles. The van der Waals surface area contributed by atoms with E-state index in [0.29, 0.717) is 26.1 Å². The Morgan fingerprint density at radius 3 is 2.69 bits per heavy atom. The highest BCUT2D eigenvalue weighted by atomic mass is 16.5. The summed E-state index contributed by atoms with van der Waals surface area (Å²) in [7, 11) is 1.62. The monoisotopic (exact) mass is 393 g/mol. The Bertz CT molecular complexity index is 882. The molecule has 1 saturated carbocycles. The highest BCUT2D eigenvalue weighted by Crippen LogP contribution is 2.32. The Morgan fingerprint density at radius 1 is 1.21 bits per heavy atom. The lowest BCUT2D eigenvalue weighted by Crippen LogP contribution is -2.62. The minimum Gasteiger partial charge on any atom is -0.361 e. The van der Waals surface area contributed by atoms with E-state index >= 15 is 0 Å². The Morgan fingerprint density at radius 2 is 2.00 bits per heavy atom. The standard InChI is InChI=1S/C23H27N3O3/c1-24-22(28)23(16-26(12-13-29-23)21(27)19-5-3-6-19)15-17-4-2-7-20(14-17)18-8-10-25-11-9-18/h2,4,7-11,14,19H,3,5-6,12-13,15-16H2,1H3,(H,24,28)/t23-/m1/s1. The highest BCUT2D eigenvalue weighted by molar-refractivity contribution is 5.87. The molecular formula is C23H27N3O3. The second-order valence-electron chi connectivity index (χ2n) is 7.92. The van der Waals surface area contributed by atoms with Crippen molar-refractivity contribution in [1.82, 2.24) is 15.2 Å². The van der Waals surface area contributed by atoms with Gasteiger partial charge < -0.3 is 15.0 Å². The number of rotatable bonds is 5. The van der Waals surface area contributed by atoms with Gasteiger partial charge in [-0.2, -0.15) is 0 Å². The molecule has 6 nitrogen and oxygen atoms in total. The van der Waals surface area contributed by atoms with E-state index in [1.807, 2.05) is 35.2 Å². The van der Waals surface area contributed by atoms with Crippen LogP contribution in [0.15, 0.2) is 48.8 Å². The molecule has 2 aromatic rings. The first kappa shape index (κ1) is 19.6. The first-order chi connectivity index (χ1) is 14.1. The summed E-state index contributed by atoms with van der Waals surface area (Å²) in [6.07, 6.45) is 6.97. The van der Waals surface area contributed by atoms with Gasteiger partial charge in [0, 0.05) is 38.3 Å². The van der Waals surface area contributed by atoms with Crippen LogP contribution in [0.2, 0.25) is 0 Å². The third kappa shape index (κ3) is 4.03. The summed E-state index contributed by atoms with van der Waals surface area (Å²) in [5.41, 5.74) is 2.07. The van der Waals surface area contributed by atoms with Gasteiger partial charge in [0.25, 0.3) is 5.91 Å². The first-order valence-corrected chi connectivity index (χ1v) is 10.3. The molecule has 0 unspecified atom stereocenters. The van der Waals surface area contributed by atoms with Gasteiger partial charge in [-0.1, -0.05) is 30.7 Å². The van der Waals surface area contributed by atoms with E-state index in [1.54, 1.807) is 19.4 Å². The van der Waals surface area contributed by atoms with Crippen molar-refractivity contribution < 1.29 is 14.3 Å². The fourth-order valence-corrected chi connectivity index (χ4v) is 4.17. The number of hydrogen-bond donors (Lipinski definition) is 1. The van der Waals surface area contributed by atoms with Crippen molar-refractivity contribution in [2.45, 2.75) is 31.3 Å². The van der Waals surface area contributed by atoms with E-state index in [9.17, 15) is 9.59 Å². The Kier molecular flexibility index (Phi) is 5.62. The summed E-state index contributed by atoms with van der Waals surface area (Å²) < 4.78 is 6.06. The van der Waals surface area contributed by atoms with Gasteiger partial charge in [0.05, 0.1) is 13.2 Å². The average molecular weight is 393 g/mol. The van der Waals surface area contributed by atoms with Gasteiger partial charge in [-0.05, 0) is 41.7 Å². The SMILES string of the molecule is CNC(=O)[C@@]1(Cc2cccc(-c3ccncc3)c2)CN(C(=O)C2CCC2)CCO1. The van der Waals surface area contributed by atoms with Crippen molar-refractivity contribution in [3.63, 3.8) is 0 Å². The Balaban J connectivity index is 1.59. The number of ether oxygens (including phenoxy) is 1. The maximum Gasteiger partial charge on any atom is 0.254 e. The number of nitrogens with one attached hydrogen (secondary N) is 1. The zero-order valence-corrected chi connectivity index (χ0v) is 16.8. The summed E-state index contributed by atoms with van der Waals surface area (Å²) in [6.45, 7) is 1.21. The molecular weight excluding hydrogens is 366 g/mol. The third-order valence-corrected chi connectivity index (χ3v) is 6.02. The van der Waals surface area contributed by atoms with Gasteiger partial charge in [0.1, 0.15) is 0 Å². The summed E-state index contributed by atoms with van der Waals surface area (Å²) in [6, 6.07) is 12.0. The molecule has 29 heavy (non-hydrogen) atoms. The lowest BCUT2D eigenvalue weighted by atomic mass is 9.83. The molecule has 0 bridgehead atoms. The molecule has 2 fully saturated rings. The molecule has 6 heteroatoms. The number of benzene rings is 1. The number of carbonyl (C=O) groups is 2. The number of carbonyl (C=O) groups excluding carboxylic acids is 2. The molecule has 2 aliphatic rings. The lowest BCUT2D eigenvalue weighted by Gasteiger charge is -2.43. The first-order valence-electron chi connectivity index (χ1n) is 10.3. The summed E-state index contributed by atoms with van der Waals surface area (Å²) in [4.78, 5) is 31.6. The van der Waals surface area contributed by atoms with Crippen molar-refractivity contribution in [3.8, 4) is 11.1 Å². The third-order valence-electron chi connectivity index (χ3n) is 6.02. The maximum atomic E-state index is 12.9. The number of hydrogen-bond acceptors (Lipinski definition) is 4. The maximum absolute atomic E-state index is 12.9. The van der Waals surface area contributed by atoms with Gasteiger partial charge in [-0.15, -0.1) is 0 Å². The van der Waals surface area contributed by atoms with Crippen molar-refractivity contribution in [3.05, 3.63) is 54.4 Å². The van der Waals surface area contributed by atoms with Crippen LogP contribution in [-0.2, 0) is 20.7 Å². The van der Waals surface area contributed by atoms with Gasteiger partial charge >= 0.3 is 0 Å². The normalized spacial score (nSPS) is 22.0. The highest BCUT2D eigenvalue weighted by Gasteiger charge is 2.45.